The Bertz CT molecular complexity index is 856. The van der Waals surface area contributed by atoms with E-state index in [2.05, 4.69) is 16.6 Å². The third-order valence-electron chi connectivity index (χ3n) is 3.78. The average Bonchev–Trinajstić information content (AvgIpc) is 2.64. The maximum absolute atomic E-state index is 10.6. The van der Waals surface area contributed by atoms with Gasteiger partial charge in [0.25, 0.3) is 0 Å². The van der Waals surface area contributed by atoms with E-state index in [1.54, 1.807) is 12.1 Å². The van der Waals surface area contributed by atoms with E-state index in [1.165, 1.54) is 13.3 Å². The van der Waals surface area contributed by atoms with Crippen molar-refractivity contribution in [1.29, 1.82) is 0 Å². The van der Waals surface area contributed by atoms with Gasteiger partial charge in [-0.1, -0.05) is 23.7 Å². The monoisotopic (exact) mass is 405 g/mol. The number of carbonyl (C=O) groups is 1. The maximum Gasteiger partial charge on any atom is 0.332 e. The Morgan fingerprint density at radius 3 is 2.64 bits per heavy atom. The first-order chi connectivity index (χ1) is 13.4. The van der Waals surface area contributed by atoms with Gasteiger partial charge in [0.1, 0.15) is 5.75 Å². The highest BCUT2D eigenvalue weighted by molar-refractivity contribution is 6.32. The van der Waals surface area contributed by atoms with Crippen molar-refractivity contribution in [1.82, 2.24) is 5.43 Å². The smallest absolute Gasteiger partial charge is 0.332 e. The van der Waals surface area contributed by atoms with E-state index < -0.39 is 6.03 Å². The van der Waals surface area contributed by atoms with E-state index >= 15 is 0 Å². The van der Waals surface area contributed by atoms with E-state index in [4.69, 9.17) is 31.5 Å². The van der Waals surface area contributed by atoms with Crippen LogP contribution in [0.2, 0.25) is 5.02 Å². The highest BCUT2D eigenvalue weighted by Gasteiger charge is 2.11. The number of urea groups is 1. The summed E-state index contributed by atoms with van der Waals surface area (Å²) in [6.45, 7) is 4.98. The third kappa shape index (κ3) is 6.35. The zero-order chi connectivity index (χ0) is 20.5. The number of amides is 2. The number of nitrogens with zero attached hydrogens (tertiary/aromatic N) is 1. The molecule has 3 N–H and O–H groups in total. The first-order valence-corrected chi connectivity index (χ1v) is 9.07. The molecule has 0 bridgehead atoms. The lowest BCUT2D eigenvalue weighted by Gasteiger charge is -2.14. The van der Waals surface area contributed by atoms with Crippen LogP contribution in [-0.2, 0) is 0 Å². The molecule has 0 fully saturated rings. The summed E-state index contributed by atoms with van der Waals surface area (Å²) < 4.78 is 16.9. The summed E-state index contributed by atoms with van der Waals surface area (Å²) in [5, 5.41) is 4.07. The van der Waals surface area contributed by atoms with Gasteiger partial charge in [-0.3, -0.25) is 0 Å². The molecule has 0 atom stereocenters. The molecule has 0 saturated heterocycles. The summed E-state index contributed by atoms with van der Waals surface area (Å²) in [5.74, 6) is 1.78. The van der Waals surface area contributed by atoms with Crippen LogP contribution in [0.25, 0.3) is 0 Å². The van der Waals surface area contributed by atoms with Gasteiger partial charge in [0.2, 0.25) is 0 Å². The van der Waals surface area contributed by atoms with Gasteiger partial charge >= 0.3 is 6.03 Å². The molecule has 2 rings (SSSR count). The lowest BCUT2D eigenvalue weighted by atomic mass is 10.1. The maximum atomic E-state index is 10.6. The minimum atomic E-state index is -0.752. The summed E-state index contributed by atoms with van der Waals surface area (Å²) in [7, 11) is 1.52. The Morgan fingerprint density at radius 1 is 1.18 bits per heavy atom. The molecule has 0 saturated carbocycles. The van der Waals surface area contributed by atoms with E-state index in [-0.39, 0.29) is 0 Å². The molecule has 2 amide bonds. The molecule has 0 spiro atoms. The second-order valence-corrected chi connectivity index (χ2v) is 6.49. The Balaban J connectivity index is 1.91. The van der Waals surface area contributed by atoms with Gasteiger partial charge < -0.3 is 19.9 Å². The van der Waals surface area contributed by atoms with Crippen molar-refractivity contribution < 1.29 is 19.0 Å². The van der Waals surface area contributed by atoms with Crippen LogP contribution in [0.4, 0.5) is 4.79 Å². The van der Waals surface area contributed by atoms with Crippen molar-refractivity contribution in [3.63, 3.8) is 0 Å². The quantitative estimate of drug-likeness (QED) is 0.376. The molecule has 2 aromatic rings. The van der Waals surface area contributed by atoms with E-state index in [0.717, 1.165) is 16.9 Å². The van der Waals surface area contributed by atoms with Crippen LogP contribution in [0.1, 0.15) is 23.1 Å². The van der Waals surface area contributed by atoms with Gasteiger partial charge in [-0.2, -0.15) is 5.10 Å². The molecular formula is C20H24ClN3O4. The molecule has 0 unspecified atom stereocenters. The number of hydrogen-bond acceptors (Lipinski definition) is 5. The summed E-state index contributed by atoms with van der Waals surface area (Å²) in [5.41, 5.74) is 9.95. The van der Waals surface area contributed by atoms with Crippen LogP contribution >= 0.6 is 11.6 Å². The van der Waals surface area contributed by atoms with Crippen molar-refractivity contribution in [2.24, 2.45) is 10.8 Å². The zero-order valence-electron chi connectivity index (χ0n) is 16.1. The molecule has 150 valence electrons. The lowest BCUT2D eigenvalue weighted by Crippen LogP contribution is -2.24. The SMILES string of the molecule is COc1cc(/C=N\NC(N)=O)cc(Cl)c1OCCCOc1cc(C)ccc1C. The third-order valence-corrected chi connectivity index (χ3v) is 4.06. The summed E-state index contributed by atoms with van der Waals surface area (Å²) in [6.07, 6.45) is 2.08. The molecule has 0 aliphatic carbocycles. The number of hydrazone groups is 1. The molecule has 0 radical (unpaired) electrons. The molecule has 28 heavy (non-hydrogen) atoms. The highest BCUT2D eigenvalue weighted by Crippen LogP contribution is 2.36. The molecule has 0 heterocycles. The number of carbonyl (C=O) groups excluding carboxylic acids is 1. The lowest BCUT2D eigenvalue weighted by molar-refractivity contribution is 0.240. The zero-order valence-corrected chi connectivity index (χ0v) is 16.9. The van der Waals surface area contributed by atoms with E-state index in [1.807, 2.05) is 26.0 Å². The Hall–Kier alpha value is -2.93. The van der Waals surface area contributed by atoms with Crippen molar-refractivity contribution >= 4 is 23.8 Å². The number of nitrogens with one attached hydrogen (secondary N) is 1. The Labute approximate surface area is 169 Å². The number of rotatable bonds is 9. The van der Waals surface area contributed by atoms with Gasteiger partial charge in [-0.15, -0.1) is 0 Å². The molecule has 2 aromatic carbocycles. The van der Waals surface area contributed by atoms with Crippen molar-refractivity contribution in [3.05, 3.63) is 52.0 Å². The number of halogens is 1. The largest absolute Gasteiger partial charge is 0.493 e. The van der Waals surface area contributed by atoms with Crippen LogP contribution < -0.4 is 25.4 Å². The van der Waals surface area contributed by atoms with Crippen molar-refractivity contribution in [3.8, 4) is 17.2 Å². The summed E-state index contributed by atoms with van der Waals surface area (Å²) in [6, 6.07) is 8.70. The number of aryl methyl sites for hydroxylation is 2. The molecule has 7 nitrogen and oxygen atoms in total. The Kier molecular flexibility index (Phi) is 7.95. The van der Waals surface area contributed by atoms with E-state index in [0.29, 0.717) is 41.7 Å². The van der Waals surface area contributed by atoms with Crippen molar-refractivity contribution in [2.75, 3.05) is 20.3 Å². The van der Waals surface area contributed by atoms with Gasteiger partial charge in [0.15, 0.2) is 11.5 Å². The number of primary amides is 1. The second kappa shape index (κ2) is 10.4. The normalized spacial score (nSPS) is 10.7. The first kappa shape index (κ1) is 21.4. The molecule has 0 aliphatic heterocycles. The standard InChI is InChI=1S/C20H24ClN3O4/c1-13-5-6-14(2)17(9-13)27-7-4-8-28-19-16(21)10-15(11-18(19)26-3)12-23-24-20(22)25/h5-6,9-12H,4,7-8H2,1-3H3,(H3,22,24,25)/b23-12-. The van der Waals surface area contributed by atoms with Crippen LogP contribution in [0.3, 0.4) is 0 Å². The molecule has 0 aliphatic rings. The first-order valence-electron chi connectivity index (χ1n) is 8.69. The van der Waals surface area contributed by atoms with Crippen LogP contribution in [0, 0.1) is 13.8 Å². The minimum Gasteiger partial charge on any atom is -0.493 e. The van der Waals surface area contributed by atoms with Gasteiger partial charge in [-0.05, 0) is 48.7 Å². The number of ether oxygens (including phenoxy) is 3. The van der Waals surface area contributed by atoms with Crippen LogP contribution in [-0.4, -0.2) is 32.6 Å². The predicted octanol–water partition coefficient (Wildman–Crippen LogP) is 3.82. The number of methoxy groups -OCH3 is 1. The van der Waals surface area contributed by atoms with Gasteiger partial charge in [0.05, 0.1) is 31.6 Å². The average molecular weight is 406 g/mol. The topological polar surface area (TPSA) is 95.2 Å². The van der Waals surface area contributed by atoms with E-state index in [9.17, 15) is 4.79 Å². The van der Waals surface area contributed by atoms with Gasteiger partial charge in [-0.25, -0.2) is 10.2 Å². The fourth-order valence-electron chi connectivity index (χ4n) is 2.40. The molecule has 8 heteroatoms. The predicted molar refractivity (Wildman–Crippen MR) is 110 cm³/mol. The number of nitrogens with two attached hydrogens (primary N) is 1. The fraction of sp³-hybridized carbons (Fsp3) is 0.300. The fourth-order valence-corrected chi connectivity index (χ4v) is 2.68. The summed E-state index contributed by atoms with van der Waals surface area (Å²) in [4.78, 5) is 10.6. The second-order valence-electron chi connectivity index (χ2n) is 6.09. The minimum absolute atomic E-state index is 0.371. The van der Waals surface area contributed by atoms with Gasteiger partial charge in [0, 0.05) is 6.42 Å². The molecule has 0 aromatic heterocycles. The molecular weight excluding hydrogens is 382 g/mol. The highest BCUT2D eigenvalue weighted by atomic mass is 35.5. The number of benzene rings is 2. The summed E-state index contributed by atoms with van der Waals surface area (Å²) >= 11 is 6.29. The Morgan fingerprint density at radius 2 is 1.93 bits per heavy atom. The van der Waals surface area contributed by atoms with Crippen molar-refractivity contribution in [2.45, 2.75) is 20.3 Å². The van der Waals surface area contributed by atoms with Crippen LogP contribution in [0.15, 0.2) is 35.4 Å². The van der Waals surface area contributed by atoms with Crippen LogP contribution in [0.5, 0.6) is 17.2 Å². The number of hydrogen-bond donors (Lipinski definition) is 2.